The number of thiophene rings is 1. The van der Waals surface area contributed by atoms with E-state index in [4.69, 9.17) is 15.5 Å². The topological polar surface area (TPSA) is 90.5 Å². The van der Waals surface area contributed by atoms with Gasteiger partial charge in [0.25, 0.3) is 5.56 Å². The van der Waals surface area contributed by atoms with Crippen LogP contribution in [-0.4, -0.2) is 46.3 Å². The molecule has 152 valence electrons. The lowest BCUT2D eigenvalue weighted by atomic mass is 10.1. The third kappa shape index (κ3) is 3.77. The highest BCUT2D eigenvalue weighted by molar-refractivity contribution is 7.99. The summed E-state index contributed by atoms with van der Waals surface area (Å²) in [5, 5.41) is 1.15. The average molecular weight is 431 g/mol. The quantitative estimate of drug-likeness (QED) is 0.477. The second-order valence-corrected chi connectivity index (χ2v) is 8.82. The summed E-state index contributed by atoms with van der Waals surface area (Å²) in [6.07, 6.45) is 0.839. The van der Waals surface area contributed by atoms with Crippen LogP contribution in [0.1, 0.15) is 17.4 Å². The van der Waals surface area contributed by atoms with E-state index in [2.05, 4.69) is 11.8 Å². The molecule has 1 aliphatic rings. The number of benzene rings is 1. The second-order valence-electron chi connectivity index (χ2n) is 6.79. The standard InChI is InChI=1S/C20H22N4O3S2/c1-3-23-8-7-14-15(10-23)29-18-17(14)19(26)24(20(22-18)28-11-16(21)25)12-5-4-6-13(9-12)27-2/h4-6,9H,3,7-8,10-11H2,1-2H3,(H2,21,25). The van der Waals surface area contributed by atoms with Gasteiger partial charge in [0.2, 0.25) is 5.91 Å². The zero-order valence-corrected chi connectivity index (χ0v) is 17.9. The first-order chi connectivity index (χ1) is 14.0. The number of rotatable bonds is 6. The van der Waals surface area contributed by atoms with Crippen LogP contribution in [0.2, 0.25) is 0 Å². The van der Waals surface area contributed by atoms with Gasteiger partial charge in [-0.15, -0.1) is 11.3 Å². The molecule has 0 unspecified atom stereocenters. The molecule has 0 saturated carbocycles. The minimum absolute atomic E-state index is 0.0522. The van der Waals surface area contributed by atoms with Crippen LogP contribution in [0.25, 0.3) is 15.9 Å². The second kappa shape index (κ2) is 8.17. The van der Waals surface area contributed by atoms with Crippen molar-refractivity contribution in [1.29, 1.82) is 0 Å². The summed E-state index contributed by atoms with van der Waals surface area (Å²) in [5.74, 6) is 0.244. The number of nitrogens with two attached hydrogens (primary N) is 1. The smallest absolute Gasteiger partial charge is 0.267 e. The van der Waals surface area contributed by atoms with Gasteiger partial charge in [0.15, 0.2) is 5.16 Å². The molecule has 3 aromatic rings. The minimum atomic E-state index is -0.453. The summed E-state index contributed by atoms with van der Waals surface area (Å²) in [6.45, 7) is 4.90. The molecule has 3 heterocycles. The van der Waals surface area contributed by atoms with Crippen LogP contribution in [0.3, 0.4) is 0 Å². The highest BCUT2D eigenvalue weighted by Crippen LogP contribution is 2.34. The SMILES string of the molecule is CCN1CCc2c(sc3nc(SCC(N)=O)n(-c4cccc(OC)c4)c(=O)c23)C1. The molecule has 2 N–H and O–H groups in total. The molecule has 0 spiro atoms. The molecule has 0 aliphatic carbocycles. The number of methoxy groups -OCH3 is 1. The van der Waals surface area contributed by atoms with Gasteiger partial charge in [-0.25, -0.2) is 4.98 Å². The number of aromatic nitrogens is 2. The number of hydrogen-bond acceptors (Lipinski definition) is 7. The van der Waals surface area contributed by atoms with Crippen molar-refractivity contribution in [2.24, 2.45) is 5.73 Å². The van der Waals surface area contributed by atoms with Crippen LogP contribution >= 0.6 is 23.1 Å². The molecule has 1 amide bonds. The molecule has 0 atom stereocenters. The Labute approximate surface area is 176 Å². The molecule has 1 aromatic carbocycles. The van der Waals surface area contributed by atoms with Gasteiger partial charge >= 0.3 is 0 Å². The predicted octanol–water partition coefficient (Wildman–Crippen LogP) is 2.41. The van der Waals surface area contributed by atoms with Gasteiger partial charge in [-0.3, -0.25) is 19.1 Å². The van der Waals surface area contributed by atoms with Crippen molar-refractivity contribution in [3.63, 3.8) is 0 Å². The van der Waals surface area contributed by atoms with E-state index in [1.807, 2.05) is 18.2 Å². The largest absolute Gasteiger partial charge is 0.497 e. The first-order valence-corrected chi connectivity index (χ1v) is 11.2. The Bertz CT molecular complexity index is 1140. The van der Waals surface area contributed by atoms with Gasteiger partial charge in [0, 0.05) is 24.0 Å². The molecule has 29 heavy (non-hydrogen) atoms. The Morgan fingerprint density at radius 1 is 1.41 bits per heavy atom. The maximum absolute atomic E-state index is 13.6. The minimum Gasteiger partial charge on any atom is -0.497 e. The fraction of sp³-hybridized carbons (Fsp3) is 0.350. The molecule has 0 fully saturated rings. The molecular formula is C20H22N4O3S2. The van der Waals surface area contributed by atoms with E-state index in [1.54, 1.807) is 29.1 Å². The molecular weight excluding hydrogens is 408 g/mol. The number of primary amides is 1. The van der Waals surface area contributed by atoms with E-state index in [-0.39, 0.29) is 11.3 Å². The highest BCUT2D eigenvalue weighted by Gasteiger charge is 2.25. The van der Waals surface area contributed by atoms with Gasteiger partial charge in [0.1, 0.15) is 10.6 Å². The first-order valence-electron chi connectivity index (χ1n) is 9.37. The fourth-order valence-electron chi connectivity index (χ4n) is 3.56. The molecule has 0 saturated heterocycles. The third-order valence-corrected chi connectivity index (χ3v) is 7.10. The Kier molecular flexibility index (Phi) is 5.62. The monoisotopic (exact) mass is 430 g/mol. The van der Waals surface area contributed by atoms with Crippen LogP contribution in [0.15, 0.2) is 34.2 Å². The molecule has 9 heteroatoms. The Morgan fingerprint density at radius 2 is 2.24 bits per heavy atom. The molecule has 4 rings (SSSR count). The molecule has 2 aromatic heterocycles. The number of carbonyl (C=O) groups excluding carboxylic acids is 1. The summed E-state index contributed by atoms with van der Waals surface area (Å²) >= 11 is 2.75. The Hall–Kier alpha value is -2.36. The Balaban J connectivity index is 1.93. The molecule has 1 aliphatic heterocycles. The normalized spacial score (nSPS) is 14.1. The van der Waals surface area contributed by atoms with Crippen LogP contribution < -0.4 is 16.0 Å². The van der Waals surface area contributed by atoms with Crippen LogP contribution in [-0.2, 0) is 17.8 Å². The van der Waals surface area contributed by atoms with E-state index in [0.29, 0.717) is 22.0 Å². The van der Waals surface area contributed by atoms with E-state index < -0.39 is 5.91 Å². The number of amides is 1. The summed E-state index contributed by atoms with van der Waals surface area (Å²) in [6, 6.07) is 7.28. The van der Waals surface area contributed by atoms with Gasteiger partial charge in [-0.05, 0) is 30.7 Å². The van der Waals surface area contributed by atoms with Gasteiger partial charge in [0.05, 0.1) is 23.9 Å². The maximum Gasteiger partial charge on any atom is 0.267 e. The summed E-state index contributed by atoms with van der Waals surface area (Å²) in [5.41, 5.74) is 6.99. The maximum atomic E-state index is 13.6. The van der Waals surface area contributed by atoms with Gasteiger partial charge in [-0.2, -0.15) is 0 Å². The lowest BCUT2D eigenvalue weighted by Crippen LogP contribution is -2.30. The zero-order chi connectivity index (χ0) is 20.5. The van der Waals surface area contributed by atoms with Crippen molar-refractivity contribution in [2.75, 3.05) is 26.0 Å². The number of ether oxygens (including phenoxy) is 1. The number of carbonyl (C=O) groups is 1. The van der Waals surface area contributed by atoms with Crippen molar-refractivity contribution < 1.29 is 9.53 Å². The number of thioether (sulfide) groups is 1. The van der Waals surface area contributed by atoms with Crippen molar-refractivity contribution >= 4 is 39.2 Å². The summed E-state index contributed by atoms with van der Waals surface area (Å²) < 4.78 is 6.89. The van der Waals surface area contributed by atoms with Crippen LogP contribution in [0, 0.1) is 0 Å². The lowest BCUT2D eigenvalue weighted by Gasteiger charge is -2.25. The number of fused-ring (bicyclic) bond motifs is 3. The van der Waals surface area contributed by atoms with Crippen LogP contribution in [0.5, 0.6) is 5.75 Å². The van der Waals surface area contributed by atoms with Crippen molar-refractivity contribution in [3.8, 4) is 11.4 Å². The van der Waals surface area contributed by atoms with E-state index >= 15 is 0 Å². The first kappa shape index (κ1) is 19.9. The van der Waals surface area contributed by atoms with Crippen molar-refractivity contribution in [1.82, 2.24) is 14.5 Å². The average Bonchev–Trinajstić information content (AvgIpc) is 3.09. The summed E-state index contributed by atoms with van der Waals surface area (Å²) in [4.78, 5) is 34.0. The van der Waals surface area contributed by atoms with Crippen molar-refractivity contribution in [2.45, 2.75) is 25.0 Å². The molecule has 0 bridgehead atoms. The zero-order valence-electron chi connectivity index (χ0n) is 16.3. The number of hydrogen-bond donors (Lipinski definition) is 1. The highest BCUT2D eigenvalue weighted by atomic mass is 32.2. The molecule has 0 radical (unpaired) electrons. The number of nitrogens with zero attached hydrogens (tertiary/aromatic N) is 3. The predicted molar refractivity (Wildman–Crippen MR) is 116 cm³/mol. The molecule has 7 nitrogen and oxygen atoms in total. The lowest BCUT2D eigenvalue weighted by molar-refractivity contribution is -0.115. The van der Waals surface area contributed by atoms with E-state index in [9.17, 15) is 9.59 Å². The summed E-state index contributed by atoms with van der Waals surface area (Å²) in [7, 11) is 1.58. The number of likely N-dealkylation sites (N-methyl/N-ethyl adjacent to an activating group) is 1. The fourth-order valence-corrected chi connectivity index (χ4v) is 5.61. The van der Waals surface area contributed by atoms with E-state index in [0.717, 1.165) is 36.4 Å². The van der Waals surface area contributed by atoms with Gasteiger partial charge < -0.3 is 10.5 Å². The van der Waals surface area contributed by atoms with Crippen LogP contribution in [0.4, 0.5) is 0 Å². The van der Waals surface area contributed by atoms with Crippen molar-refractivity contribution in [3.05, 3.63) is 45.1 Å². The van der Waals surface area contributed by atoms with E-state index in [1.165, 1.54) is 16.6 Å². The third-order valence-electron chi connectivity index (χ3n) is 5.03. The van der Waals surface area contributed by atoms with Gasteiger partial charge in [-0.1, -0.05) is 24.8 Å². The Morgan fingerprint density at radius 3 is 2.97 bits per heavy atom.